The fourth-order valence-electron chi connectivity index (χ4n) is 2.79. The van der Waals surface area contributed by atoms with E-state index in [0.717, 1.165) is 4.52 Å². The van der Waals surface area contributed by atoms with Crippen LogP contribution >= 0.6 is 0 Å². The summed E-state index contributed by atoms with van der Waals surface area (Å²) in [5, 5.41) is 21.8. The van der Waals surface area contributed by atoms with Gasteiger partial charge in [-0.2, -0.15) is 4.52 Å². The highest BCUT2D eigenvalue weighted by atomic mass is 19.3. The zero-order valence-corrected chi connectivity index (χ0v) is 12.3. The molecule has 0 radical (unpaired) electrons. The number of halogens is 3. The zero-order valence-electron chi connectivity index (χ0n) is 12.3. The van der Waals surface area contributed by atoms with Gasteiger partial charge in [0.2, 0.25) is 5.82 Å². The minimum atomic E-state index is -2.78. The van der Waals surface area contributed by atoms with Crippen molar-refractivity contribution in [3.8, 4) is 0 Å². The predicted molar refractivity (Wildman–Crippen MR) is 78.2 cm³/mol. The molecule has 3 aromatic rings. The van der Waals surface area contributed by atoms with Crippen molar-refractivity contribution in [1.29, 1.82) is 0 Å². The van der Waals surface area contributed by atoms with E-state index in [1.165, 1.54) is 30.3 Å². The van der Waals surface area contributed by atoms with E-state index in [4.69, 9.17) is 0 Å². The largest absolute Gasteiger partial charge is 0.381 e. The highest BCUT2D eigenvalue weighted by Gasteiger charge is 2.43. The van der Waals surface area contributed by atoms with E-state index in [0.29, 0.717) is 11.4 Å². The van der Waals surface area contributed by atoms with E-state index in [9.17, 15) is 18.3 Å². The lowest BCUT2D eigenvalue weighted by Crippen LogP contribution is -2.60. The summed E-state index contributed by atoms with van der Waals surface area (Å²) in [7, 11) is 0. The van der Waals surface area contributed by atoms with Crippen LogP contribution in [-0.2, 0) is 5.60 Å². The van der Waals surface area contributed by atoms with Gasteiger partial charge in [-0.25, -0.2) is 13.2 Å². The SMILES string of the molecule is OC1(c2ccc(F)cc2)CN(c2ccc3nnc(C(F)F)n3n2)C1. The zero-order chi connectivity index (χ0) is 16.9. The number of benzene rings is 1. The molecule has 0 bridgehead atoms. The third-order valence-electron chi connectivity index (χ3n) is 4.08. The van der Waals surface area contributed by atoms with Crippen LogP contribution in [0.4, 0.5) is 19.0 Å². The van der Waals surface area contributed by atoms with Crippen LogP contribution < -0.4 is 4.90 Å². The van der Waals surface area contributed by atoms with Gasteiger partial charge in [-0.3, -0.25) is 0 Å². The molecular weight excluding hydrogens is 323 g/mol. The molecule has 0 saturated carbocycles. The van der Waals surface area contributed by atoms with E-state index in [2.05, 4.69) is 15.3 Å². The van der Waals surface area contributed by atoms with Crippen molar-refractivity contribution in [2.75, 3.05) is 18.0 Å². The molecule has 9 heteroatoms. The Morgan fingerprint density at radius 3 is 2.42 bits per heavy atom. The molecule has 2 aromatic heterocycles. The number of rotatable bonds is 3. The molecule has 124 valence electrons. The average molecular weight is 335 g/mol. The van der Waals surface area contributed by atoms with Crippen LogP contribution in [0.3, 0.4) is 0 Å². The van der Waals surface area contributed by atoms with E-state index in [-0.39, 0.29) is 24.6 Å². The van der Waals surface area contributed by atoms with Crippen LogP contribution in [0, 0.1) is 5.82 Å². The topological polar surface area (TPSA) is 66.5 Å². The van der Waals surface area contributed by atoms with Gasteiger partial charge in [-0.05, 0) is 29.8 Å². The van der Waals surface area contributed by atoms with Crippen molar-refractivity contribution in [2.45, 2.75) is 12.0 Å². The highest BCUT2D eigenvalue weighted by Crippen LogP contribution is 2.34. The number of hydrogen-bond donors (Lipinski definition) is 1. The third-order valence-corrected chi connectivity index (χ3v) is 4.08. The van der Waals surface area contributed by atoms with Gasteiger partial charge in [0.1, 0.15) is 17.2 Å². The Morgan fingerprint density at radius 2 is 1.75 bits per heavy atom. The molecular formula is C15H12F3N5O. The molecule has 6 nitrogen and oxygen atoms in total. The Labute approximate surface area is 134 Å². The van der Waals surface area contributed by atoms with Gasteiger partial charge in [-0.15, -0.1) is 15.3 Å². The summed E-state index contributed by atoms with van der Waals surface area (Å²) < 4.78 is 39.8. The second-order valence-corrected chi connectivity index (χ2v) is 5.71. The molecule has 1 fully saturated rings. The average Bonchev–Trinajstić information content (AvgIpc) is 2.95. The predicted octanol–water partition coefficient (Wildman–Crippen LogP) is 1.91. The molecule has 0 spiro atoms. The fourth-order valence-corrected chi connectivity index (χ4v) is 2.79. The minimum Gasteiger partial charge on any atom is -0.381 e. The number of anilines is 1. The maximum atomic E-state index is 13.0. The molecule has 1 aliphatic heterocycles. The van der Waals surface area contributed by atoms with Gasteiger partial charge < -0.3 is 10.0 Å². The Morgan fingerprint density at radius 1 is 1.04 bits per heavy atom. The Hall–Kier alpha value is -2.68. The van der Waals surface area contributed by atoms with Gasteiger partial charge >= 0.3 is 0 Å². The lowest BCUT2D eigenvalue weighted by Gasteiger charge is -2.47. The summed E-state index contributed by atoms with van der Waals surface area (Å²) >= 11 is 0. The van der Waals surface area contributed by atoms with Crippen LogP contribution in [0.5, 0.6) is 0 Å². The summed E-state index contributed by atoms with van der Waals surface area (Å²) in [6.07, 6.45) is -2.78. The van der Waals surface area contributed by atoms with Crippen molar-refractivity contribution in [2.24, 2.45) is 0 Å². The second-order valence-electron chi connectivity index (χ2n) is 5.71. The van der Waals surface area contributed by atoms with Crippen molar-refractivity contribution >= 4 is 11.5 Å². The van der Waals surface area contributed by atoms with Crippen LogP contribution in [-0.4, -0.2) is 38.0 Å². The van der Waals surface area contributed by atoms with Crippen molar-refractivity contribution < 1.29 is 18.3 Å². The first-order valence-corrected chi connectivity index (χ1v) is 7.20. The van der Waals surface area contributed by atoms with E-state index in [1.54, 1.807) is 11.0 Å². The van der Waals surface area contributed by atoms with Crippen LogP contribution in [0.1, 0.15) is 17.8 Å². The molecule has 0 unspecified atom stereocenters. The van der Waals surface area contributed by atoms with Crippen LogP contribution in [0.15, 0.2) is 36.4 Å². The van der Waals surface area contributed by atoms with Crippen molar-refractivity contribution in [1.82, 2.24) is 19.8 Å². The molecule has 1 aromatic carbocycles. The van der Waals surface area contributed by atoms with Gasteiger partial charge in [0.15, 0.2) is 5.65 Å². The maximum absolute atomic E-state index is 13.0. The highest BCUT2D eigenvalue weighted by molar-refractivity contribution is 5.50. The monoisotopic (exact) mass is 335 g/mol. The van der Waals surface area contributed by atoms with E-state index in [1.807, 2.05) is 0 Å². The summed E-state index contributed by atoms with van der Waals surface area (Å²) in [4.78, 5) is 1.73. The molecule has 0 atom stereocenters. The normalized spacial score (nSPS) is 16.6. The van der Waals surface area contributed by atoms with Crippen LogP contribution in [0.2, 0.25) is 0 Å². The first kappa shape index (κ1) is 14.9. The standard InChI is InChI=1S/C15H12F3N5O/c16-10-3-1-9(2-4-10)15(24)7-22(8-15)12-6-5-11-19-20-14(13(17)18)23(11)21-12/h1-6,13,24H,7-8H2. The fraction of sp³-hybridized carbons (Fsp3) is 0.267. The van der Waals surface area contributed by atoms with Gasteiger partial charge in [-0.1, -0.05) is 12.1 Å². The quantitative estimate of drug-likeness (QED) is 0.792. The molecule has 3 heterocycles. The number of fused-ring (bicyclic) bond motifs is 1. The summed E-state index contributed by atoms with van der Waals surface area (Å²) in [5.41, 5.74) is -0.301. The lowest BCUT2D eigenvalue weighted by molar-refractivity contribution is 0.00686. The lowest BCUT2D eigenvalue weighted by atomic mass is 9.86. The minimum absolute atomic E-state index is 0.225. The van der Waals surface area contributed by atoms with Gasteiger partial charge in [0, 0.05) is 0 Å². The van der Waals surface area contributed by atoms with E-state index >= 15 is 0 Å². The first-order valence-electron chi connectivity index (χ1n) is 7.20. The van der Waals surface area contributed by atoms with Gasteiger partial charge in [0.25, 0.3) is 6.43 Å². The first-order chi connectivity index (χ1) is 11.5. The summed E-state index contributed by atoms with van der Waals surface area (Å²) in [6, 6.07) is 8.79. The number of nitrogens with zero attached hydrogens (tertiary/aromatic N) is 5. The number of aromatic nitrogens is 4. The molecule has 24 heavy (non-hydrogen) atoms. The third kappa shape index (κ3) is 2.28. The Bertz CT molecular complexity index is 890. The number of hydrogen-bond acceptors (Lipinski definition) is 5. The summed E-state index contributed by atoms with van der Waals surface area (Å²) in [6.45, 7) is 0.451. The number of aliphatic hydroxyl groups is 1. The molecule has 4 rings (SSSR count). The molecule has 1 saturated heterocycles. The number of alkyl halides is 2. The van der Waals surface area contributed by atoms with Crippen LogP contribution in [0.25, 0.3) is 5.65 Å². The van der Waals surface area contributed by atoms with Gasteiger partial charge in [0.05, 0.1) is 13.1 Å². The molecule has 0 aliphatic carbocycles. The maximum Gasteiger partial charge on any atom is 0.299 e. The van der Waals surface area contributed by atoms with Crippen molar-refractivity contribution in [3.63, 3.8) is 0 Å². The van der Waals surface area contributed by atoms with E-state index < -0.39 is 17.9 Å². The molecule has 0 amide bonds. The summed E-state index contributed by atoms with van der Waals surface area (Å²) in [5.74, 6) is -0.477. The second kappa shape index (κ2) is 5.17. The smallest absolute Gasteiger partial charge is 0.299 e. The molecule has 1 aliphatic rings. The molecule has 1 N–H and O–H groups in total. The Kier molecular flexibility index (Phi) is 3.20. The Balaban J connectivity index is 1.59. The number of β-amino-alcohol motifs (C(OH)–C–C–N with tert-alkyl or cyclic N) is 1. The van der Waals surface area contributed by atoms with Crippen molar-refractivity contribution in [3.05, 3.63) is 53.6 Å².